The molecule has 1 aliphatic rings. The summed E-state index contributed by atoms with van der Waals surface area (Å²) in [7, 11) is 0. The Morgan fingerprint density at radius 1 is 1.00 bits per heavy atom. The van der Waals surface area contributed by atoms with Gasteiger partial charge in [0.15, 0.2) is 5.82 Å². The number of nitrogens with zero attached hydrogens (tertiary/aromatic N) is 4. The van der Waals surface area contributed by atoms with Gasteiger partial charge in [-0.25, -0.2) is 15.0 Å². The second-order valence-corrected chi connectivity index (χ2v) is 7.54. The highest BCUT2D eigenvalue weighted by atomic mass is 35.5. The molecule has 30 heavy (non-hydrogen) atoms. The van der Waals surface area contributed by atoms with Gasteiger partial charge in [0.2, 0.25) is 5.91 Å². The third-order valence-corrected chi connectivity index (χ3v) is 5.21. The van der Waals surface area contributed by atoms with Crippen LogP contribution in [0.2, 0.25) is 5.02 Å². The minimum atomic E-state index is -0.301. The summed E-state index contributed by atoms with van der Waals surface area (Å²) in [5.41, 5.74) is 1.30. The zero-order valence-electron chi connectivity index (χ0n) is 16.2. The Balaban J connectivity index is 1.40. The van der Waals surface area contributed by atoms with Gasteiger partial charge in [0.1, 0.15) is 5.82 Å². The lowest BCUT2D eigenvalue weighted by Gasteiger charge is -2.32. The highest BCUT2D eigenvalue weighted by Gasteiger charge is 2.29. The van der Waals surface area contributed by atoms with Gasteiger partial charge in [-0.05, 0) is 25.0 Å². The van der Waals surface area contributed by atoms with Crippen LogP contribution in [0.4, 0.5) is 5.82 Å². The molecule has 3 aromatic rings. The molecule has 0 aliphatic carbocycles. The van der Waals surface area contributed by atoms with Gasteiger partial charge < -0.3 is 10.2 Å². The van der Waals surface area contributed by atoms with Gasteiger partial charge in [0.25, 0.3) is 5.91 Å². The molecule has 152 valence electrons. The van der Waals surface area contributed by atoms with E-state index in [-0.39, 0.29) is 17.7 Å². The average molecular weight is 422 g/mol. The molecule has 3 heterocycles. The number of piperidine rings is 1. The molecule has 1 atom stereocenters. The summed E-state index contributed by atoms with van der Waals surface area (Å²) in [6, 6.07) is 12.9. The molecule has 0 spiro atoms. The summed E-state index contributed by atoms with van der Waals surface area (Å²) in [4.78, 5) is 39.9. The number of carbonyl (C=O) groups is 2. The molecule has 0 bridgehead atoms. The van der Waals surface area contributed by atoms with Gasteiger partial charge in [0.05, 0.1) is 16.5 Å². The maximum Gasteiger partial charge on any atom is 0.257 e. The van der Waals surface area contributed by atoms with E-state index in [2.05, 4.69) is 20.3 Å². The van der Waals surface area contributed by atoms with Crippen LogP contribution in [0.15, 0.2) is 61.1 Å². The number of nitrogens with one attached hydrogen (secondary N) is 1. The molecule has 1 unspecified atom stereocenters. The second kappa shape index (κ2) is 9.00. The molecule has 7 nitrogen and oxygen atoms in total. The van der Waals surface area contributed by atoms with Crippen molar-refractivity contribution >= 4 is 29.2 Å². The zero-order valence-corrected chi connectivity index (χ0v) is 16.9. The topological polar surface area (TPSA) is 88.1 Å². The van der Waals surface area contributed by atoms with Crippen LogP contribution in [0.1, 0.15) is 23.2 Å². The van der Waals surface area contributed by atoms with E-state index < -0.39 is 0 Å². The molecule has 8 heteroatoms. The van der Waals surface area contributed by atoms with E-state index in [0.29, 0.717) is 41.7 Å². The van der Waals surface area contributed by atoms with Crippen molar-refractivity contribution in [3.05, 3.63) is 71.6 Å². The number of likely N-dealkylation sites (tertiary alicyclic amines) is 1. The average Bonchev–Trinajstić information content (AvgIpc) is 2.81. The number of carbonyl (C=O) groups excluding carboxylic acids is 2. The predicted octanol–water partition coefficient (Wildman–Crippen LogP) is 3.68. The van der Waals surface area contributed by atoms with Crippen LogP contribution < -0.4 is 5.32 Å². The summed E-state index contributed by atoms with van der Waals surface area (Å²) in [6.07, 6.45) is 6.03. The highest BCUT2D eigenvalue weighted by molar-refractivity contribution is 6.30. The standard InChI is InChI=1S/C22H20ClN5O2/c23-18-8-9-19(24-13-18)27-21(29)16-7-4-10-28(14-16)22(30)17-11-25-20(26-12-17)15-5-2-1-3-6-15/h1-3,5-6,8-9,11-13,16H,4,7,10,14H2,(H,24,27,29). The number of halogens is 1. The SMILES string of the molecule is O=C(Nc1ccc(Cl)cn1)C1CCCN(C(=O)c2cnc(-c3ccccc3)nc2)C1. The lowest BCUT2D eigenvalue weighted by molar-refractivity contribution is -0.121. The molecular formula is C22H20ClN5O2. The van der Waals surface area contributed by atoms with Crippen molar-refractivity contribution in [2.75, 3.05) is 18.4 Å². The number of hydrogen-bond acceptors (Lipinski definition) is 5. The summed E-state index contributed by atoms with van der Waals surface area (Å²) in [6.45, 7) is 0.945. The fourth-order valence-electron chi connectivity index (χ4n) is 3.41. The number of benzene rings is 1. The second-order valence-electron chi connectivity index (χ2n) is 7.10. The maximum absolute atomic E-state index is 12.9. The third-order valence-electron chi connectivity index (χ3n) is 4.99. The minimum absolute atomic E-state index is 0.155. The van der Waals surface area contributed by atoms with E-state index in [1.165, 1.54) is 6.20 Å². The Morgan fingerprint density at radius 2 is 1.77 bits per heavy atom. The van der Waals surface area contributed by atoms with Gasteiger partial charge in [-0.1, -0.05) is 41.9 Å². The maximum atomic E-state index is 12.9. The molecule has 1 saturated heterocycles. The lowest BCUT2D eigenvalue weighted by atomic mass is 9.96. The molecule has 2 amide bonds. The third kappa shape index (κ3) is 4.63. The van der Waals surface area contributed by atoms with E-state index >= 15 is 0 Å². The molecule has 1 fully saturated rings. The Labute approximate surface area is 179 Å². The minimum Gasteiger partial charge on any atom is -0.338 e. The molecular weight excluding hydrogens is 402 g/mol. The van der Waals surface area contributed by atoms with E-state index in [1.807, 2.05) is 30.3 Å². The van der Waals surface area contributed by atoms with Gasteiger partial charge in [-0.15, -0.1) is 0 Å². The molecule has 0 radical (unpaired) electrons. The van der Waals surface area contributed by atoms with Crippen LogP contribution in [0.25, 0.3) is 11.4 Å². The van der Waals surface area contributed by atoms with Crippen molar-refractivity contribution in [3.8, 4) is 11.4 Å². The van der Waals surface area contributed by atoms with Gasteiger partial charge in [0, 0.05) is 37.2 Å². The van der Waals surface area contributed by atoms with Crippen LogP contribution in [-0.2, 0) is 4.79 Å². The van der Waals surface area contributed by atoms with Crippen molar-refractivity contribution in [2.45, 2.75) is 12.8 Å². The van der Waals surface area contributed by atoms with Crippen LogP contribution in [0.5, 0.6) is 0 Å². The zero-order chi connectivity index (χ0) is 20.9. The van der Waals surface area contributed by atoms with Crippen LogP contribution in [-0.4, -0.2) is 44.8 Å². The Kier molecular flexibility index (Phi) is 5.99. The van der Waals surface area contributed by atoms with Crippen LogP contribution in [0, 0.1) is 5.92 Å². The van der Waals surface area contributed by atoms with Gasteiger partial charge in [-0.3, -0.25) is 9.59 Å². The Morgan fingerprint density at radius 3 is 2.47 bits per heavy atom. The molecule has 1 aromatic carbocycles. The molecule has 2 aromatic heterocycles. The first kappa shape index (κ1) is 20.0. The Bertz CT molecular complexity index is 1030. The van der Waals surface area contributed by atoms with Gasteiger partial charge >= 0.3 is 0 Å². The predicted molar refractivity (Wildman–Crippen MR) is 114 cm³/mol. The van der Waals surface area contributed by atoms with Gasteiger partial charge in [-0.2, -0.15) is 0 Å². The summed E-state index contributed by atoms with van der Waals surface area (Å²) in [5.74, 6) is 0.385. The fourth-order valence-corrected chi connectivity index (χ4v) is 3.52. The van der Waals surface area contributed by atoms with E-state index in [4.69, 9.17) is 11.6 Å². The normalized spacial score (nSPS) is 16.2. The van der Waals surface area contributed by atoms with E-state index in [9.17, 15) is 9.59 Å². The number of anilines is 1. The Hall–Kier alpha value is -3.32. The first-order valence-corrected chi connectivity index (χ1v) is 10.1. The fraction of sp³-hybridized carbons (Fsp3) is 0.227. The summed E-state index contributed by atoms with van der Waals surface area (Å²) < 4.78 is 0. The molecule has 1 N–H and O–H groups in total. The van der Waals surface area contributed by atoms with Crippen molar-refractivity contribution in [3.63, 3.8) is 0 Å². The number of hydrogen-bond donors (Lipinski definition) is 1. The van der Waals surface area contributed by atoms with Crippen molar-refractivity contribution in [1.82, 2.24) is 19.9 Å². The largest absolute Gasteiger partial charge is 0.338 e. The smallest absolute Gasteiger partial charge is 0.257 e. The highest BCUT2D eigenvalue weighted by Crippen LogP contribution is 2.21. The molecule has 4 rings (SSSR count). The number of pyridine rings is 1. The lowest BCUT2D eigenvalue weighted by Crippen LogP contribution is -2.43. The van der Waals surface area contributed by atoms with E-state index in [1.54, 1.807) is 29.4 Å². The van der Waals surface area contributed by atoms with Crippen LogP contribution in [0.3, 0.4) is 0 Å². The first-order chi connectivity index (χ1) is 14.6. The van der Waals surface area contributed by atoms with E-state index in [0.717, 1.165) is 12.0 Å². The molecule has 1 aliphatic heterocycles. The first-order valence-electron chi connectivity index (χ1n) is 9.69. The molecule has 0 saturated carbocycles. The van der Waals surface area contributed by atoms with Crippen LogP contribution >= 0.6 is 11.6 Å². The monoisotopic (exact) mass is 421 g/mol. The number of rotatable bonds is 4. The number of aromatic nitrogens is 3. The van der Waals surface area contributed by atoms with Crippen molar-refractivity contribution < 1.29 is 9.59 Å². The van der Waals surface area contributed by atoms with Crippen molar-refractivity contribution in [1.29, 1.82) is 0 Å². The quantitative estimate of drug-likeness (QED) is 0.694. The summed E-state index contributed by atoms with van der Waals surface area (Å²) >= 11 is 5.82. The summed E-state index contributed by atoms with van der Waals surface area (Å²) in [5, 5.41) is 3.30. The van der Waals surface area contributed by atoms with Crippen molar-refractivity contribution in [2.24, 2.45) is 5.92 Å². The number of amides is 2.